The van der Waals surface area contributed by atoms with Gasteiger partial charge in [0.15, 0.2) is 0 Å². The summed E-state index contributed by atoms with van der Waals surface area (Å²) in [5.74, 6) is 0.274. The molecule has 1 amide bonds. The molecule has 5 heteroatoms. The zero-order valence-corrected chi connectivity index (χ0v) is 16.3. The van der Waals surface area contributed by atoms with Crippen molar-refractivity contribution in [2.75, 3.05) is 13.1 Å². The number of nitrogens with zero attached hydrogens (tertiary/aromatic N) is 3. The molecule has 4 nitrogen and oxygen atoms in total. The van der Waals surface area contributed by atoms with E-state index in [2.05, 4.69) is 17.1 Å². The predicted octanol–water partition coefficient (Wildman–Crippen LogP) is 4.74. The van der Waals surface area contributed by atoms with Crippen LogP contribution in [0.4, 0.5) is 0 Å². The quantitative estimate of drug-likeness (QED) is 0.645. The third-order valence-corrected chi connectivity index (χ3v) is 5.43. The fourth-order valence-electron chi connectivity index (χ4n) is 3.67. The van der Waals surface area contributed by atoms with Crippen LogP contribution in [0.15, 0.2) is 67.0 Å². The first-order chi connectivity index (χ1) is 13.7. The summed E-state index contributed by atoms with van der Waals surface area (Å²) >= 11 is 5.95. The molecule has 2 aromatic heterocycles. The maximum Gasteiger partial charge on any atom is 0.272 e. The van der Waals surface area contributed by atoms with Gasteiger partial charge in [-0.05, 0) is 60.7 Å². The molecule has 1 aliphatic heterocycles. The second kappa shape index (κ2) is 8.53. The summed E-state index contributed by atoms with van der Waals surface area (Å²) in [5, 5.41) is 0.749. The topological polar surface area (TPSA) is 46.1 Å². The molecule has 3 aromatic rings. The molecule has 0 bridgehead atoms. The van der Waals surface area contributed by atoms with Gasteiger partial charge in [0.25, 0.3) is 5.91 Å². The highest BCUT2D eigenvalue weighted by molar-refractivity contribution is 6.30. The largest absolute Gasteiger partial charge is 0.337 e. The Morgan fingerprint density at radius 1 is 1.04 bits per heavy atom. The van der Waals surface area contributed by atoms with E-state index in [1.54, 1.807) is 12.3 Å². The van der Waals surface area contributed by atoms with E-state index in [9.17, 15) is 4.79 Å². The number of aromatic nitrogens is 2. The Hall–Kier alpha value is -2.72. The molecule has 1 atom stereocenters. The minimum atomic E-state index is 0.00431. The van der Waals surface area contributed by atoms with Gasteiger partial charge in [-0.3, -0.25) is 14.8 Å². The number of piperidine rings is 1. The van der Waals surface area contributed by atoms with Gasteiger partial charge in [0.05, 0.1) is 0 Å². The van der Waals surface area contributed by atoms with Crippen molar-refractivity contribution in [3.63, 3.8) is 0 Å². The standard InChI is InChI=1S/C23H22ClN3O/c24-20-9-6-17(7-10-20)14-18-8-11-21(26-15-18)19-4-3-13-27(16-19)23(28)22-5-1-2-12-25-22/h1-2,5-12,15,19H,3-4,13-14,16H2/t19-/m0/s1. The number of pyridine rings is 2. The fourth-order valence-corrected chi connectivity index (χ4v) is 3.80. The van der Waals surface area contributed by atoms with Gasteiger partial charge in [-0.15, -0.1) is 0 Å². The van der Waals surface area contributed by atoms with Crippen LogP contribution in [0.3, 0.4) is 0 Å². The molecule has 1 saturated heterocycles. The molecule has 3 heterocycles. The Morgan fingerprint density at radius 2 is 1.86 bits per heavy atom. The normalized spacial score (nSPS) is 16.8. The predicted molar refractivity (Wildman–Crippen MR) is 111 cm³/mol. The highest BCUT2D eigenvalue weighted by atomic mass is 35.5. The average Bonchev–Trinajstić information content (AvgIpc) is 2.76. The van der Waals surface area contributed by atoms with Crippen molar-refractivity contribution in [1.29, 1.82) is 0 Å². The zero-order chi connectivity index (χ0) is 19.3. The Labute approximate surface area is 170 Å². The molecule has 28 heavy (non-hydrogen) atoms. The van der Waals surface area contributed by atoms with Crippen molar-refractivity contribution in [3.8, 4) is 0 Å². The van der Waals surface area contributed by atoms with Crippen LogP contribution >= 0.6 is 11.6 Å². The molecule has 4 rings (SSSR count). The van der Waals surface area contributed by atoms with Crippen molar-refractivity contribution >= 4 is 17.5 Å². The summed E-state index contributed by atoms with van der Waals surface area (Å²) < 4.78 is 0. The summed E-state index contributed by atoms with van der Waals surface area (Å²) in [6.45, 7) is 1.47. The van der Waals surface area contributed by atoms with Crippen LogP contribution in [0, 0.1) is 0 Å². The van der Waals surface area contributed by atoms with Crippen LogP contribution in [0.1, 0.15) is 46.1 Å². The Kier molecular flexibility index (Phi) is 5.68. The van der Waals surface area contributed by atoms with Crippen molar-refractivity contribution in [1.82, 2.24) is 14.9 Å². The third-order valence-electron chi connectivity index (χ3n) is 5.18. The lowest BCUT2D eigenvalue weighted by Gasteiger charge is -2.32. The van der Waals surface area contributed by atoms with E-state index in [4.69, 9.17) is 16.6 Å². The lowest BCUT2D eigenvalue weighted by Crippen LogP contribution is -2.39. The van der Waals surface area contributed by atoms with Crippen molar-refractivity contribution in [3.05, 3.63) is 94.5 Å². The van der Waals surface area contributed by atoms with E-state index in [-0.39, 0.29) is 11.8 Å². The van der Waals surface area contributed by atoms with Gasteiger partial charge in [0.2, 0.25) is 0 Å². The Bertz CT molecular complexity index is 926. The van der Waals surface area contributed by atoms with Crippen LogP contribution in [0.2, 0.25) is 5.02 Å². The first-order valence-corrected chi connectivity index (χ1v) is 9.96. The Balaban J connectivity index is 1.42. The van der Waals surface area contributed by atoms with Crippen LogP contribution in [-0.4, -0.2) is 33.9 Å². The van der Waals surface area contributed by atoms with Gasteiger partial charge >= 0.3 is 0 Å². The molecular weight excluding hydrogens is 370 g/mol. The molecule has 0 saturated carbocycles. The minimum Gasteiger partial charge on any atom is -0.337 e. The molecule has 1 aromatic carbocycles. The lowest BCUT2D eigenvalue weighted by atomic mass is 9.93. The summed E-state index contributed by atoms with van der Waals surface area (Å²) in [7, 11) is 0. The molecule has 0 unspecified atom stereocenters. The SMILES string of the molecule is O=C(c1ccccn1)N1CCC[C@H](c2ccc(Cc3ccc(Cl)cc3)cn2)C1. The van der Waals surface area contributed by atoms with Gasteiger partial charge in [-0.25, -0.2) is 0 Å². The summed E-state index contributed by atoms with van der Waals surface area (Å²) in [5.41, 5.74) is 3.94. The first-order valence-electron chi connectivity index (χ1n) is 9.58. The Morgan fingerprint density at radius 3 is 2.57 bits per heavy atom. The number of halogens is 1. The molecule has 142 valence electrons. The molecule has 0 spiro atoms. The minimum absolute atomic E-state index is 0.00431. The van der Waals surface area contributed by atoms with Crippen molar-refractivity contribution in [2.24, 2.45) is 0 Å². The molecule has 0 aliphatic carbocycles. The van der Waals surface area contributed by atoms with E-state index in [0.717, 1.165) is 36.5 Å². The monoisotopic (exact) mass is 391 g/mol. The number of amides is 1. The van der Waals surface area contributed by atoms with E-state index in [1.807, 2.05) is 47.5 Å². The van der Waals surface area contributed by atoms with Crippen LogP contribution in [0.5, 0.6) is 0 Å². The molecule has 1 aliphatic rings. The van der Waals surface area contributed by atoms with E-state index in [1.165, 1.54) is 11.1 Å². The van der Waals surface area contributed by atoms with Gasteiger partial charge < -0.3 is 4.90 Å². The van der Waals surface area contributed by atoms with E-state index < -0.39 is 0 Å². The summed E-state index contributed by atoms with van der Waals surface area (Å²) in [6.07, 6.45) is 6.48. The second-order valence-electron chi connectivity index (χ2n) is 7.20. The summed E-state index contributed by atoms with van der Waals surface area (Å²) in [6, 6.07) is 17.6. The molecule has 0 N–H and O–H groups in total. The number of benzene rings is 1. The average molecular weight is 392 g/mol. The summed E-state index contributed by atoms with van der Waals surface area (Å²) in [4.78, 5) is 23.5. The fraction of sp³-hybridized carbons (Fsp3) is 0.261. The van der Waals surface area contributed by atoms with Gasteiger partial charge in [-0.1, -0.05) is 35.9 Å². The van der Waals surface area contributed by atoms with Crippen molar-refractivity contribution < 1.29 is 4.79 Å². The zero-order valence-electron chi connectivity index (χ0n) is 15.6. The lowest BCUT2D eigenvalue weighted by molar-refractivity contribution is 0.0700. The van der Waals surface area contributed by atoms with Crippen LogP contribution in [-0.2, 0) is 6.42 Å². The number of rotatable bonds is 4. The van der Waals surface area contributed by atoms with Crippen LogP contribution in [0.25, 0.3) is 0 Å². The van der Waals surface area contributed by atoms with E-state index >= 15 is 0 Å². The number of carbonyl (C=O) groups excluding carboxylic acids is 1. The van der Waals surface area contributed by atoms with Gasteiger partial charge in [0, 0.05) is 42.1 Å². The van der Waals surface area contributed by atoms with Gasteiger partial charge in [-0.2, -0.15) is 0 Å². The number of hydrogen-bond donors (Lipinski definition) is 0. The van der Waals surface area contributed by atoms with Crippen molar-refractivity contribution in [2.45, 2.75) is 25.2 Å². The molecular formula is C23H22ClN3O. The highest BCUT2D eigenvalue weighted by Gasteiger charge is 2.26. The maximum atomic E-state index is 12.7. The van der Waals surface area contributed by atoms with E-state index in [0.29, 0.717) is 12.2 Å². The van der Waals surface area contributed by atoms with Gasteiger partial charge in [0.1, 0.15) is 5.69 Å². The second-order valence-corrected chi connectivity index (χ2v) is 7.64. The highest BCUT2D eigenvalue weighted by Crippen LogP contribution is 2.26. The molecule has 1 fully saturated rings. The maximum absolute atomic E-state index is 12.7. The van der Waals surface area contributed by atoms with Crippen LogP contribution < -0.4 is 0 Å². The number of hydrogen-bond acceptors (Lipinski definition) is 3. The smallest absolute Gasteiger partial charge is 0.272 e. The third kappa shape index (κ3) is 4.39. The number of carbonyl (C=O) groups is 1. The molecule has 0 radical (unpaired) electrons. The first kappa shape index (κ1) is 18.6. The number of likely N-dealkylation sites (tertiary alicyclic amines) is 1.